The van der Waals surface area contributed by atoms with E-state index in [0.29, 0.717) is 28.6 Å². The Morgan fingerprint density at radius 1 is 1.45 bits per heavy atom. The van der Waals surface area contributed by atoms with Gasteiger partial charge in [-0.25, -0.2) is 4.98 Å². The number of thiazole rings is 1. The Balaban J connectivity index is 1.50. The number of hydrogen-bond donors (Lipinski definition) is 1. The van der Waals surface area contributed by atoms with Gasteiger partial charge in [-0.05, 0) is 12.1 Å². The summed E-state index contributed by atoms with van der Waals surface area (Å²) in [6, 6.07) is 3.19. The second-order valence-electron chi connectivity index (χ2n) is 4.70. The lowest BCUT2D eigenvalue weighted by Gasteiger charge is -2.06. The highest BCUT2D eigenvalue weighted by Gasteiger charge is 2.20. The molecule has 112 valence electrons. The van der Waals surface area contributed by atoms with Crippen LogP contribution in [0, 0.1) is 0 Å². The second kappa shape index (κ2) is 5.19. The monoisotopic (exact) mass is 335 g/mol. The second-order valence-corrected chi connectivity index (χ2v) is 5.98. The average Bonchev–Trinajstić information content (AvgIpc) is 3.19. The van der Waals surface area contributed by atoms with Gasteiger partial charge in [0.05, 0.1) is 17.3 Å². The van der Waals surface area contributed by atoms with Crippen LogP contribution < -0.4 is 14.8 Å². The number of imidazole rings is 1. The van der Waals surface area contributed by atoms with Crippen molar-refractivity contribution in [2.24, 2.45) is 0 Å². The summed E-state index contributed by atoms with van der Waals surface area (Å²) >= 11 is 7.62. The van der Waals surface area contributed by atoms with Crippen molar-refractivity contribution in [3.05, 3.63) is 46.2 Å². The number of nitrogens with zero attached hydrogens (tertiary/aromatic N) is 2. The number of ether oxygens (including phenoxy) is 2. The number of halogens is 1. The number of carbonyl (C=O) groups excluding carboxylic acids is 1. The molecule has 0 saturated heterocycles. The maximum Gasteiger partial charge on any atom is 0.251 e. The molecule has 6 nitrogen and oxygen atoms in total. The fourth-order valence-electron chi connectivity index (χ4n) is 2.23. The van der Waals surface area contributed by atoms with Crippen molar-refractivity contribution in [1.29, 1.82) is 0 Å². The van der Waals surface area contributed by atoms with E-state index in [0.717, 1.165) is 10.7 Å². The number of aromatic nitrogens is 2. The Labute approximate surface area is 134 Å². The molecule has 0 atom stereocenters. The van der Waals surface area contributed by atoms with E-state index in [1.807, 2.05) is 22.2 Å². The van der Waals surface area contributed by atoms with Crippen molar-refractivity contribution < 1.29 is 14.3 Å². The van der Waals surface area contributed by atoms with Crippen molar-refractivity contribution in [2.45, 2.75) is 6.54 Å². The molecular weight excluding hydrogens is 326 g/mol. The molecule has 0 unspecified atom stereocenters. The molecule has 0 bridgehead atoms. The van der Waals surface area contributed by atoms with Gasteiger partial charge in [-0.1, -0.05) is 11.6 Å². The maximum atomic E-state index is 12.2. The summed E-state index contributed by atoms with van der Waals surface area (Å²) in [4.78, 5) is 17.5. The minimum Gasteiger partial charge on any atom is -0.454 e. The number of nitrogens with one attached hydrogen (secondary N) is 1. The predicted molar refractivity (Wildman–Crippen MR) is 81.8 cm³/mol. The van der Waals surface area contributed by atoms with Gasteiger partial charge in [-0.15, -0.1) is 11.3 Å². The lowest BCUT2D eigenvalue weighted by Crippen LogP contribution is -2.22. The minimum absolute atomic E-state index is 0.117. The topological polar surface area (TPSA) is 64.9 Å². The van der Waals surface area contributed by atoms with Gasteiger partial charge in [0.25, 0.3) is 5.91 Å². The SMILES string of the molecule is O=C(NCc1cn2ccsc2n1)c1cc(Cl)c2c(c1)OCO2. The quantitative estimate of drug-likeness (QED) is 0.799. The molecule has 3 aromatic rings. The minimum atomic E-state index is -0.239. The van der Waals surface area contributed by atoms with Crippen LogP contribution in [0.4, 0.5) is 0 Å². The van der Waals surface area contributed by atoms with Gasteiger partial charge in [-0.3, -0.25) is 9.20 Å². The lowest BCUT2D eigenvalue weighted by molar-refractivity contribution is 0.0950. The number of carbonyl (C=O) groups is 1. The Morgan fingerprint density at radius 3 is 3.23 bits per heavy atom. The number of fused-ring (bicyclic) bond motifs is 2. The zero-order chi connectivity index (χ0) is 15.1. The zero-order valence-electron chi connectivity index (χ0n) is 11.2. The van der Waals surface area contributed by atoms with E-state index < -0.39 is 0 Å². The van der Waals surface area contributed by atoms with E-state index in [1.54, 1.807) is 23.5 Å². The van der Waals surface area contributed by atoms with E-state index in [2.05, 4.69) is 10.3 Å². The molecular formula is C14H10ClN3O3S. The molecule has 3 heterocycles. The summed E-state index contributed by atoms with van der Waals surface area (Å²) < 4.78 is 12.4. The third-order valence-electron chi connectivity index (χ3n) is 3.26. The zero-order valence-corrected chi connectivity index (χ0v) is 12.8. The molecule has 1 amide bonds. The molecule has 22 heavy (non-hydrogen) atoms. The molecule has 1 aliphatic heterocycles. The van der Waals surface area contributed by atoms with E-state index >= 15 is 0 Å². The average molecular weight is 336 g/mol. The first-order valence-corrected chi connectivity index (χ1v) is 7.75. The number of amides is 1. The smallest absolute Gasteiger partial charge is 0.251 e. The molecule has 0 saturated carbocycles. The fraction of sp³-hybridized carbons (Fsp3) is 0.143. The van der Waals surface area contributed by atoms with Crippen LogP contribution in [0.15, 0.2) is 29.9 Å². The predicted octanol–water partition coefficient (Wildman–Crippen LogP) is 2.71. The summed E-state index contributed by atoms with van der Waals surface area (Å²) in [6.07, 6.45) is 3.81. The van der Waals surface area contributed by atoms with Crippen molar-refractivity contribution in [2.75, 3.05) is 6.79 Å². The molecule has 0 radical (unpaired) electrons. The summed E-state index contributed by atoms with van der Waals surface area (Å²) in [5.74, 6) is 0.726. The van der Waals surface area contributed by atoms with Crippen LogP contribution in [-0.2, 0) is 6.54 Å². The summed E-state index contributed by atoms with van der Waals surface area (Å²) in [5.41, 5.74) is 1.22. The molecule has 4 rings (SSSR count). The highest BCUT2D eigenvalue weighted by Crippen LogP contribution is 2.39. The third kappa shape index (κ3) is 2.28. The molecule has 8 heteroatoms. The van der Waals surface area contributed by atoms with Gasteiger partial charge in [0.1, 0.15) is 0 Å². The number of rotatable bonds is 3. The number of hydrogen-bond acceptors (Lipinski definition) is 5. The van der Waals surface area contributed by atoms with Gasteiger partial charge >= 0.3 is 0 Å². The molecule has 2 aromatic heterocycles. The van der Waals surface area contributed by atoms with Crippen molar-refractivity contribution in [3.63, 3.8) is 0 Å². The van der Waals surface area contributed by atoms with Crippen LogP contribution in [0.25, 0.3) is 4.96 Å². The first-order chi connectivity index (χ1) is 10.7. The summed E-state index contributed by atoms with van der Waals surface area (Å²) in [6.45, 7) is 0.463. The van der Waals surface area contributed by atoms with Gasteiger partial charge in [-0.2, -0.15) is 0 Å². The van der Waals surface area contributed by atoms with Gasteiger partial charge < -0.3 is 14.8 Å². The van der Waals surface area contributed by atoms with Crippen LogP contribution in [-0.4, -0.2) is 22.1 Å². The van der Waals surface area contributed by atoms with Crippen LogP contribution in [0.3, 0.4) is 0 Å². The first-order valence-electron chi connectivity index (χ1n) is 6.49. The van der Waals surface area contributed by atoms with Crippen LogP contribution in [0.1, 0.15) is 16.1 Å². The maximum absolute atomic E-state index is 12.2. The Kier molecular flexibility index (Phi) is 3.16. The Bertz CT molecular complexity index is 845. The lowest BCUT2D eigenvalue weighted by atomic mass is 10.2. The largest absolute Gasteiger partial charge is 0.454 e. The van der Waals surface area contributed by atoms with Gasteiger partial charge in [0, 0.05) is 23.3 Å². The highest BCUT2D eigenvalue weighted by molar-refractivity contribution is 7.15. The van der Waals surface area contributed by atoms with Crippen LogP contribution >= 0.6 is 22.9 Å². The van der Waals surface area contributed by atoms with E-state index in [-0.39, 0.29) is 12.7 Å². The van der Waals surface area contributed by atoms with Crippen molar-refractivity contribution in [3.8, 4) is 11.5 Å². The molecule has 0 aliphatic carbocycles. The van der Waals surface area contributed by atoms with Crippen molar-refractivity contribution >= 4 is 33.8 Å². The highest BCUT2D eigenvalue weighted by atomic mass is 35.5. The molecule has 0 spiro atoms. The van der Waals surface area contributed by atoms with Gasteiger partial charge in [0.2, 0.25) is 6.79 Å². The first kappa shape index (κ1) is 13.4. The third-order valence-corrected chi connectivity index (χ3v) is 4.31. The standard InChI is InChI=1S/C14H10ClN3O3S/c15-10-3-8(4-11-12(10)21-7-20-11)13(19)16-5-9-6-18-1-2-22-14(18)17-9/h1-4,6H,5,7H2,(H,16,19). The Hall–Kier alpha value is -2.25. The van der Waals surface area contributed by atoms with Crippen molar-refractivity contribution in [1.82, 2.24) is 14.7 Å². The molecule has 1 N–H and O–H groups in total. The Morgan fingerprint density at radius 2 is 2.36 bits per heavy atom. The summed E-state index contributed by atoms with van der Waals surface area (Å²) in [5, 5.41) is 5.14. The summed E-state index contributed by atoms with van der Waals surface area (Å²) in [7, 11) is 0. The van der Waals surface area contributed by atoms with E-state index in [9.17, 15) is 4.79 Å². The van der Waals surface area contributed by atoms with Crippen LogP contribution in [0.2, 0.25) is 5.02 Å². The van der Waals surface area contributed by atoms with E-state index in [4.69, 9.17) is 21.1 Å². The normalized spacial score (nSPS) is 12.8. The molecule has 1 aromatic carbocycles. The molecule has 0 fully saturated rings. The fourth-order valence-corrected chi connectivity index (χ4v) is 3.22. The number of benzene rings is 1. The molecule has 1 aliphatic rings. The van der Waals surface area contributed by atoms with Gasteiger partial charge in [0.15, 0.2) is 16.5 Å². The van der Waals surface area contributed by atoms with E-state index in [1.165, 1.54) is 0 Å². The van der Waals surface area contributed by atoms with Crippen LogP contribution in [0.5, 0.6) is 11.5 Å².